The molecule has 2 aliphatic carbocycles. The smallest absolute Gasteiger partial charge is 0.153 e. The fourth-order valence-corrected chi connectivity index (χ4v) is 4.79. The topological polar surface area (TPSA) is 83.8 Å². The Kier molecular flexibility index (Phi) is 3.27. The monoisotopic (exact) mass is 356 g/mol. The van der Waals surface area contributed by atoms with Gasteiger partial charge in [0.2, 0.25) is 0 Å². The molecule has 2 saturated carbocycles. The molecule has 0 aromatic carbocycles. The van der Waals surface area contributed by atoms with Gasteiger partial charge in [-0.3, -0.25) is 0 Å². The number of nitrogens with zero attached hydrogens (tertiary/aromatic N) is 5. The summed E-state index contributed by atoms with van der Waals surface area (Å²) >= 11 is 0. The summed E-state index contributed by atoms with van der Waals surface area (Å²) in [6.07, 6.45) is 6.43. The van der Waals surface area contributed by atoms with E-state index in [1.165, 1.54) is 12.8 Å². The molecule has 7 heteroatoms. The first-order valence-corrected chi connectivity index (χ1v) is 9.72. The first-order valence-electron chi connectivity index (χ1n) is 9.72. The van der Waals surface area contributed by atoms with Crippen LogP contribution in [0, 0.1) is 0 Å². The van der Waals surface area contributed by atoms with E-state index in [9.17, 15) is 0 Å². The molecule has 5 rings (SSSR count). The van der Waals surface area contributed by atoms with Crippen LogP contribution in [0.3, 0.4) is 0 Å². The Hall–Kier alpha value is -1.73. The summed E-state index contributed by atoms with van der Waals surface area (Å²) in [7, 11) is 0. The van der Waals surface area contributed by atoms with Crippen molar-refractivity contribution < 1.29 is 4.74 Å². The lowest BCUT2D eigenvalue weighted by atomic mass is 9.80. The third-order valence-corrected chi connectivity index (χ3v) is 6.04. The van der Waals surface area contributed by atoms with Gasteiger partial charge in [0.15, 0.2) is 5.82 Å². The fourth-order valence-electron chi connectivity index (χ4n) is 4.79. The highest BCUT2D eigenvalue weighted by Gasteiger charge is 2.47. The largest absolute Gasteiger partial charge is 0.357 e. The summed E-state index contributed by atoms with van der Waals surface area (Å²) in [5, 5.41) is 9.14. The van der Waals surface area contributed by atoms with Gasteiger partial charge < -0.3 is 19.6 Å². The average molecular weight is 356 g/mol. The summed E-state index contributed by atoms with van der Waals surface area (Å²) in [5.74, 6) is 2.64. The van der Waals surface area contributed by atoms with Crippen LogP contribution in [-0.2, 0) is 22.5 Å². The predicted molar refractivity (Wildman–Crippen MR) is 96.7 cm³/mol. The van der Waals surface area contributed by atoms with Crippen molar-refractivity contribution in [3.05, 3.63) is 29.4 Å². The zero-order valence-corrected chi connectivity index (χ0v) is 16.1. The molecule has 0 amide bonds. The molecule has 140 valence electrons. The molecule has 2 fully saturated rings. The van der Waals surface area contributed by atoms with Crippen LogP contribution in [0.1, 0.15) is 88.4 Å². The quantitative estimate of drug-likeness (QED) is 0.910. The normalized spacial score (nSPS) is 28.8. The van der Waals surface area contributed by atoms with Crippen LogP contribution in [0.2, 0.25) is 0 Å². The Balaban J connectivity index is 1.50. The van der Waals surface area contributed by atoms with Crippen LogP contribution in [0.4, 0.5) is 0 Å². The number of nitrogens with two attached hydrogens (primary N) is 1. The number of aromatic nitrogens is 5. The highest BCUT2D eigenvalue weighted by Crippen LogP contribution is 2.46. The summed E-state index contributed by atoms with van der Waals surface area (Å²) < 4.78 is 10.8. The molecule has 0 saturated heterocycles. The van der Waals surface area contributed by atoms with Crippen molar-refractivity contribution in [2.24, 2.45) is 5.73 Å². The molecule has 26 heavy (non-hydrogen) atoms. The van der Waals surface area contributed by atoms with Gasteiger partial charge >= 0.3 is 0 Å². The van der Waals surface area contributed by atoms with E-state index in [0.717, 1.165) is 35.9 Å². The second kappa shape index (κ2) is 5.16. The second-order valence-electron chi connectivity index (χ2n) is 9.20. The van der Waals surface area contributed by atoms with E-state index in [4.69, 9.17) is 10.5 Å². The average Bonchev–Trinajstić information content (AvgIpc) is 3.04. The molecule has 1 aliphatic heterocycles. The van der Waals surface area contributed by atoms with Crippen LogP contribution < -0.4 is 5.73 Å². The maximum atomic E-state index is 6.26. The number of imidazole rings is 1. The molecule has 2 N–H and O–H groups in total. The second-order valence-corrected chi connectivity index (χ2v) is 9.20. The van der Waals surface area contributed by atoms with E-state index in [-0.39, 0.29) is 11.2 Å². The molecular weight excluding hydrogens is 328 g/mol. The number of hydrogen-bond donors (Lipinski definition) is 1. The fraction of sp³-hybridized carbons (Fsp3) is 0.737. The summed E-state index contributed by atoms with van der Waals surface area (Å²) in [5.41, 5.74) is 7.47. The van der Waals surface area contributed by atoms with Gasteiger partial charge in [0, 0.05) is 18.0 Å². The summed E-state index contributed by atoms with van der Waals surface area (Å²) in [6.45, 7) is 9.09. The Bertz CT molecular complexity index is 854. The number of ether oxygens (including phenoxy) is 1. The summed E-state index contributed by atoms with van der Waals surface area (Å²) in [6, 6.07) is 0.883. The van der Waals surface area contributed by atoms with E-state index in [0.29, 0.717) is 24.5 Å². The van der Waals surface area contributed by atoms with E-state index < -0.39 is 0 Å². The van der Waals surface area contributed by atoms with Crippen LogP contribution in [0.25, 0.3) is 0 Å². The number of hydrogen-bond acceptors (Lipinski definition) is 5. The molecule has 0 atom stereocenters. The molecular formula is C19H28N6O. The third-order valence-electron chi connectivity index (χ3n) is 6.04. The van der Waals surface area contributed by atoms with Crippen molar-refractivity contribution in [1.29, 1.82) is 0 Å². The standard InChI is InChI=1S/C19H28N6O/c1-18(2)15-16(19(3,4)26-18)24(10-21-15)9-14-22-23-17(11-7-12(20)8-11)25(14)13-5-6-13/h10-13H,5-9,20H2,1-4H3. The molecule has 0 spiro atoms. The van der Waals surface area contributed by atoms with Crippen LogP contribution in [0.5, 0.6) is 0 Å². The van der Waals surface area contributed by atoms with Gasteiger partial charge in [0.05, 0.1) is 24.3 Å². The van der Waals surface area contributed by atoms with Crippen LogP contribution >= 0.6 is 0 Å². The third kappa shape index (κ3) is 2.36. The number of fused-ring (bicyclic) bond motifs is 1. The molecule has 0 unspecified atom stereocenters. The van der Waals surface area contributed by atoms with Crippen LogP contribution in [-0.4, -0.2) is 30.4 Å². The zero-order valence-electron chi connectivity index (χ0n) is 16.1. The lowest BCUT2D eigenvalue weighted by molar-refractivity contribution is -0.109. The Morgan fingerprint density at radius 2 is 1.88 bits per heavy atom. The van der Waals surface area contributed by atoms with E-state index in [1.54, 1.807) is 0 Å². The van der Waals surface area contributed by atoms with Crippen molar-refractivity contribution in [3.8, 4) is 0 Å². The highest BCUT2D eigenvalue weighted by molar-refractivity contribution is 5.30. The van der Waals surface area contributed by atoms with Gasteiger partial charge in [-0.25, -0.2) is 4.98 Å². The Morgan fingerprint density at radius 1 is 1.15 bits per heavy atom. The molecule has 7 nitrogen and oxygen atoms in total. The van der Waals surface area contributed by atoms with Crippen molar-refractivity contribution in [2.45, 2.75) is 89.1 Å². The van der Waals surface area contributed by atoms with Gasteiger partial charge in [-0.05, 0) is 53.4 Å². The van der Waals surface area contributed by atoms with Crippen molar-refractivity contribution in [1.82, 2.24) is 24.3 Å². The predicted octanol–water partition coefficient (Wildman–Crippen LogP) is 2.56. The van der Waals surface area contributed by atoms with Crippen molar-refractivity contribution in [3.63, 3.8) is 0 Å². The van der Waals surface area contributed by atoms with Gasteiger partial charge in [0.1, 0.15) is 17.0 Å². The lowest BCUT2D eigenvalue weighted by Crippen LogP contribution is -2.36. The minimum atomic E-state index is -0.360. The molecule has 2 aromatic heterocycles. The minimum Gasteiger partial charge on any atom is -0.357 e. The van der Waals surface area contributed by atoms with E-state index in [2.05, 4.69) is 52.0 Å². The zero-order chi connectivity index (χ0) is 18.3. The lowest BCUT2D eigenvalue weighted by Gasteiger charge is -2.32. The Labute approximate surface area is 153 Å². The van der Waals surface area contributed by atoms with Gasteiger partial charge in [-0.15, -0.1) is 10.2 Å². The van der Waals surface area contributed by atoms with E-state index in [1.807, 2.05) is 6.33 Å². The van der Waals surface area contributed by atoms with Crippen LogP contribution in [0.15, 0.2) is 6.33 Å². The maximum Gasteiger partial charge on any atom is 0.153 e. The maximum absolute atomic E-state index is 6.26. The minimum absolute atomic E-state index is 0.324. The summed E-state index contributed by atoms with van der Waals surface area (Å²) in [4.78, 5) is 4.67. The molecule has 2 aromatic rings. The molecule has 0 bridgehead atoms. The Morgan fingerprint density at radius 3 is 2.54 bits per heavy atom. The highest BCUT2D eigenvalue weighted by atomic mass is 16.5. The van der Waals surface area contributed by atoms with Gasteiger partial charge in [0.25, 0.3) is 0 Å². The molecule has 3 heterocycles. The molecule has 3 aliphatic rings. The van der Waals surface area contributed by atoms with Crippen molar-refractivity contribution >= 4 is 0 Å². The van der Waals surface area contributed by atoms with Crippen molar-refractivity contribution in [2.75, 3.05) is 0 Å². The number of rotatable bonds is 4. The molecule has 0 radical (unpaired) electrons. The van der Waals surface area contributed by atoms with Gasteiger partial charge in [-0.1, -0.05) is 0 Å². The van der Waals surface area contributed by atoms with Gasteiger partial charge in [-0.2, -0.15) is 0 Å². The first kappa shape index (κ1) is 16.4. The SMILES string of the molecule is CC1(C)OC(C)(C)c2c1ncn2Cc1nnc(C2CC(N)C2)n1C1CC1. The van der Waals surface area contributed by atoms with E-state index >= 15 is 0 Å². The first-order chi connectivity index (χ1) is 12.3.